The zero-order valence-corrected chi connectivity index (χ0v) is 21.6. The molecule has 0 saturated carbocycles. The number of carboxylic acid groups (broad SMARTS) is 1. The summed E-state index contributed by atoms with van der Waals surface area (Å²) >= 11 is 0. The van der Waals surface area contributed by atoms with E-state index in [9.17, 15) is 24.3 Å². The molecule has 0 unspecified atom stereocenters. The number of anilines is 1. The van der Waals surface area contributed by atoms with E-state index >= 15 is 0 Å². The molecule has 9 nitrogen and oxygen atoms in total. The monoisotopic (exact) mass is 490 g/mol. The van der Waals surface area contributed by atoms with Gasteiger partial charge < -0.3 is 27.2 Å². The lowest BCUT2D eigenvalue weighted by Gasteiger charge is -2.23. The fourth-order valence-corrected chi connectivity index (χ4v) is 3.77. The average molecular weight is 491 g/mol. The number of aliphatic carboxylic acids is 1. The van der Waals surface area contributed by atoms with Gasteiger partial charge in [0.2, 0.25) is 5.91 Å². The first-order valence-corrected chi connectivity index (χ1v) is 12.2. The maximum Gasteiger partial charge on any atom is 0.312 e. The van der Waals surface area contributed by atoms with Crippen LogP contribution >= 0.6 is 0 Å². The molecule has 0 aromatic heterocycles. The molecule has 7 N–H and O–H groups in total. The molecule has 0 aliphatic heterocycles. The van der Waals surface area contributed by atoms with E-state index in [2.05, 4.69) is 10.6 Å². The number of carbonyl (C=O) groups is 4. The van der Waals surface area contributed by atoms with Crippen LogP contribution in [-0.2, 0) is 20.8 Å². The predicted octanol–water partition coefficient (Wildman–Crippen LogP) is 3.31. The Kier molecular flexibility index (Phi) is 11.9. The summed E-state index contributed by atoms with van der Waals surface area (Å²) in [5, 5.41) is 14.7. The van der Waals surface area contributed by atoms with Gasteiger partial charge in [0.25, 0.3) is 0 Å². The van der Waals surface area contributed by atoms with Crippen LogP contribution in [0.5, 0.6) is 0 Å². The molecule has 0 fully saturated rings. The standard InChI is InChI=1S/C26H42N4O5/c1-16(2)17(3)22(31)14-19(7-6-12-29-25(28)35)23(32)30-21-10-8-18(9-11-21)13-20(27)15-26(4,5)24(33)34/h8-11,16-17,19-20H,6-7,12-15,27H2,1-5H3,(H,30,32)(H,33,34)(H3,28,29,35)/t17-,19+,20-/m0/s1. The molecule has 0 heterocycles. The molecule has 35 heavy (non-hydrogen) atoms. The first-order chi connectivity index (χ1) is 16.2. The Labute approximate surface area is 208 Å². The highest BCUT2D eigenvalue weighted by atomic mass is 16.4. The third-order valence-corrected chi connectivity index (χ3v) is 6.43. The number of Topliss-reactive ketones (excluding diaryl/α,β-unsaturated/α-hetero) is 1. The molecule has 196 valence electrons. The Balaban J connectivity index is 2.79. The van der Waals surface area contributed by atoms with Gasteiger partial charge in [-0.2, -0.15) is 0 Å². The molecule has 3 amide bonds. The minimum Gasteiger partial charge on any atom is -0.481 e. The summed E-state index contributed by atoms with van der Waals surface area (Å²) in [5.74, 6) is -1.58. The Hall–Kier alpha value is -2.94. The van der Waals surface area contributed by atoms with Gasteiger partial charge >= 0.3 is 12.0 Å². The van der Waals surface area contributed by atoms with Gasteiger partial charge in [0, 0.05) is 36.5 Å². The van der Waals surface area contributed by atoms with Gasteiger partial charge in [0.15, 0.2) is 0 Å². The Bertz CT molecular complexity index is 867. The van der Waals surface area contributed by atoms with Crippen LogP contribution in [0, 0.1) is 23.2 Å². The molecule has 0 radical (unpaired) electrons. The van der Waals surface area contributed by atoms with Crippen molar-refractivity contribution in [3.05, 3.63) is 29.8 Å². The molecule has 0 saturated heterocycles. The third kappa shape index (κ3) is 10.9. The fraction of sp³-hybridized carbons (Fsp3) is 0.615. The molecule has 0 spiro atoms. The minimum absolute atomic E-state index is 0.0385. The summed E-state index contributed by atoms with van der Waals surface area (Å²) in [4.78, 5) is 47.9. The number of primary amides is 1. The topological polar surface area (TPSA) is 165 Å². The number of nitrogens with two attached hydrogens (primary N) is 2. The van der Waals surface area contributed by atoms with Gasteiger partial charge in [-0.1, -0.05) is 32.9 Å². The zero-order valence-electron chi connectivity index (χ0n) is 21.6. The van der Waals surface area contributed by atoms with Gasteiger partial charge in [-0.3, -0.25) is 14.4 Å². The number of amides is 3. The van der Waals surface area contributed by atoms with Crippen LogP contribution < -0.4 is 22.1 Å². The second-order valence-electron chi connectivity index (χ2n) is 10.4. The van der Waals surface area contributed by atoms with Crippen molar-refractivity contribution in [1.82, 2.24) is 5.32 Å². The molecular formula is C26H42N4O5. The van der Waals surface area contributed by atoms with E-state index in [1.165, 1.54) is 0 Å². The first kappa shape index (κ1) is 30.1. The van der Waals surface area contributed by atoms with Crippen LogP contribution in [0.2, 0.25) is 0 Å². The van der Waals surface area contributed by atoms with Crippen LogP contribution in [0.25, 0.3) is 0 Å². The summed E-state index contributed by atoms with van der Waals surface area (Å²) in [6.45, 7) is 9.47. The van der Waals surface area contributed by atoms with E-state index in [-0.39, 0.29) is 36.0 Å². The number of benzene rings is 1. The Morgan fingerprint density at radius 1 is 1.06 bits per heavy atom. The minimum atomic E-state index is -0.903. The first-order valence-electron chi connectivity index (χ1n) is 12.2. The molecule has 1 aromatic carbocycles. The van der Waals surface area contributed by atoms with Crippen molar-refractivity contribution in [2.24, 2.45) is 34.6 Å². The van der Waals surface area contributed by atoms with Crippen LogP contribution in [-0.4, -0.2) is 41.4 Å². The quantitative estimate of drug-likeness (QED) is 0.237. The van der Waals surface area contributed by atoms with Crippen molar-refractivity contribution in [2.75, 3.05) is 11.9 Å². The van der Waals surface area contributed by atoms with Gasteiger partial charge in [0.1, 0.15) is 5.78 Å². The smallest absolute Gasteiger partial charge is 0.312 e. The zero-order chi connectivity index (χ0) is 26.8. The van der Waals surface area contributed by atoms with Crippen LogP contribution in [0.4, 0.5) is 10.5 Å². The highest BCUT2D eigenvalue weighted by Gasteiger charge is 2.29. The van der Waals surface area contributed by atoms with E-state index in [1.807, 2.05) is 32.9 Å². The Morgan fingerprint density at radius 2 is 1.66 bits per heavy atom. The van der Waals surface area contributed by atoms with E-state index < -0.39 is 23.3 Å². The highest BCUT2D eigenvalue weighted by molar-refractivity contribution is 5.95. The number of urea groups is 1. The van der Waals surface area contributed by atoms with Crippen LogP contribution in [0.1, 0.15) is 65.9 Å². The van der Waals surface area contributed by atoms with Crippen molar-refractivity contribution in [3.8, 4) is 0 Å². The number of rotatable bonds is 15. The maximum absolute atomic E-state index is 13.0. The molecular weight excluding hydrogens is 448 g/mol. The largest absolute Gasteiger partial charge is 0.481 e. The molecule has 0 aliphatic carbocycles. The lowest BCUT2D eigenvalue weighted by Crippen LogP contribution is -2.34. The molecule has 3 atom stereocenters. The summed E-state index contributed by atoms with van der Waals surface area (Å²) in [6.07, 6.45) is 1.95. The molecule has 0 aliphatic rings. The average Bonchev–Trinajstić information content (AvgIpc) is 2.75. The molecule has 9 heteroatoms. The van der Waals surface area contributed by atoms with Crippen molar-refractivity contribution in [3.63, 3.8) is 0 Å². The van der Waals surface area contributed by atoms with Gasteiger partial charge in [-0.25, -0.2) is 4.79 Å². The third-order valence-electron chi connectivity index (χ3n) is 6.43. The maximum atomic E-state index is 13.0. The number of ketones is 1. The van der Waals surface area contributed by atoms with Crippen LogP contribution in [0.3, 0.4) is 0 Å². The second kappa shape index (κ2) is 13.8. The van der Waals surface area contributed by atoms with Crippen molar-refractivity contribution >= 4 is 29.4 Å². The normalized spacial score (nSPS) is 14.1. The number of hydrogen-bond donors (Lipinski definition) is 5. The fourth-order valence-electron chi connectivity index (χ4n) is 3.77. The number of hydrogen-bond acceptors (Lipinski definition) is 5. The molecule has 1 aromatic rings. The van der Waals surface area contributed by atoms with E-state index in [0.29, 0.717) is 37.9 Å². The number of nitrogens with one attached hydrogen (secondary N) is 2. The van der Waals surface area contributed by atoms with Crippen molar-refractivity contribution < 1.29 is 24.3 Å². The van der Waals surface area contributed by atoms with Crippen LogP contribution in [0.15, 0.2) is 24.3 Å². The van der Waals surface area contributed by atoms with E-state index in [4.69, 9.17) is 11.5 Å². The Morgan fingerprint density at radius 3 is 2.17 bits per heavy atom. The summed E-state index contributed by atoms with van der Waals surface area (Å²) < 4.78 is 0. The van der Waals surface area contributed by atoms with Crippen molar-refractivity contribution in [1.29, 1.82) is 0 Å². The second-order valence-corrected chi connectivity index (χ2v) is 10.4. The molecule has 1 rings (SSSR count). The van der Waals surface area contributed by atoms with Gasteiger partial charge in [-0.15, -0.1) is 0 Å². The lowest BCUT2D eigenvalue weighted by atomic mass is 9.84. The predicted molar refractivity (Wildman–Crippen MR) is 137 cm³/mol. The van der Waals surface area contributed by atoms with E-state index in [0.717, 1.165) is 5.56 Å². The molecule has 0 bridgehead atoms. The number of carbonyl (C=O) groups excluding carboxylic acids is 3. The highest BCUT2D eigenvalue weighted by Crippen LogP contribution is 2.24. The summed E-state index contributed by atoms with van der Waals surface area (Å²) in [6, 6.07) is 6.30. The SMILES string of the molecule is CC(C)[C@H](C)C(=O)C[C@@H](CCCNC(N)=O)C(=O)Nc1ccc(C[C@H](N)CC(C)(C)C(=O)O)cc1. The van der Waals surface area contributed by atoms with Gasteiger partial charge in [0.05, 0.1) is 5.41 Å². The summed E-state index contributed by atoms with van der Waals surface area (Å²) in [7, 11) is 0. The van der Waals surface area contributed by atoms with Gasteiger partial charge in [-0.05, 0) is 63.1 Å². The lowest BCUT2D eigenvalue weighted by molar-refractivity contribution is -0.147. The summed E-state index contributed by atoms with van der Waals surface area (Å²) in [5.41, 5.74) is 11.9. The van der Waals surface area contributed by atoms with Crippen molar-refractivity contribution in [2.45, 2.75) is 72.8 Å². The number of carboxylic acids is 1. The van der Waals surface area contributed by atoms with E-state index in [1.54, 1.807) is 26.0 Å².